The van der Waals surface area contributed by atoms with Gasteiger partial charge in [0.1, 0.15) is 17.4 Å². The fourth-order valence-corrected chi connectivity index (χ4v) is 2.41. The van der Waals surface area contributed by atoms with E-state index in [9.17, 15) is 14.0 Å². The van der Waals surface area contributed by atoms with Gasteiger partial charge in [0.2, 0.25) is 0 Å². The van der Waals surface area contributed by atoms with E-state index in [4.69, 9.17) is 0 Å². The van der Waals surface area contributed by atoms with E-state index >= 15 is 0 Å². The number of rotatable bonds is 1. The van der Waals surface area contributed by atoms with Crippen LogP contribution < -0.4 is 0 Å². The Morgan fingerprint density at radius 3 is 2.44 bits per heavy atom. The van der Waals surface area contributed by atoms with Crippen LogP contribution in [0.2, 0.25) is 0 Å². The zero-order valence-electron chi connectivity index (χ0n) is 8.50. The van der Waals surface area contributed by atoms with Gasteiger partial charge in [0.25, 0.3) is 0 Å². The van der Waals surface area contributed by atoms with Crippen LogP contribution in [0.5, 0.6) is 0 Å². The van der Waals surface area contributed by atoms with E-state index in [1.165, 1.54) is 6.07 Å². The summed E-state index contributed by atoms with van der Waals surface area (Å²) in [6.45, 7) is 0. The molecule has 0 heterocycles. The first-order chi connectivity index (χ1) is 7.56. The highest BCUT2D eigenvalue weighted by Gasteiger charge is 2.28. The van der Waals surface area contributed by atoms with Crippen molar-refractivity contribution in [3.05, 3.63) is 34.1 Å². The third-order valence-electron chi connectivity index (χ3n) is 2.74. The summed E-state index contributed by atoms with van der Waals surface area (Å²) in [6.07, 6.45) is 0.532. The molecule has 0 aromatic heterocycles. The van der Waals surface area contributed by atoms with Crippen LogP contribution in [0.15, 0.2) is 22.7 Å². The van der Waals surface area contributed by atoms with E-state index in [1.807, 2.05) is 0 Å². The molecular formula is C12H10BrFO2. The molecule has 1 fully saturated rings. The zero-order chi connectivity index (χ0) is 11.7. The summed E-state index contributed by atoms with van der Waals surface area (Å²) in [7, 11) is 0. The number of halogens is 2. The number of Topliss-reactive ketones (excluding diaryl/α,β-unsaturated/α-hetero) is 2. The molecule has 0 radical (unpaired) electrons. The SMILES string of the molecule is O=C1CC(=O)CC(c2cc(Br)ccc2F)C1. The van der Waals surface area contributed by atoms with E-state index < -0.39 is 0 Å². The second-order valence-corrected chi connectivity index (χ2v) is 4.94. The first-order valence-corrected chi connectivity index (χ1v) is 5.84. The van der Waals surface area contributed by atoms with Gasteiger partial charge in [-0.3, -0.25) is 9.59 Å². The van der Waals surface area contributed by atoms with Crippen LogP contribution in [0.4, 0.5) is 4.39 Å². The molecule has 0 atom stereocenters. The lowest BCUT2D eigenvalue weighted by molar-refractivity contribution is -0.130. The summed E-state index contributed by atoms with van der Waals surface area (Å²) in [5.41, 5.74) is 0.454. The highest BCUT2D eigenvalue weighted by molar-refractivity contribution is 9.10. The Labute approximate surface area is 101 Å². The van der Waals surface area contributed by atoms with Crippen molar-refractivity contribution in [1.82, 2.24) is 0 Å². The van der Waals surface area contributed by atoms with Gasteiger partial charge in [0.15, 0.2) is 0 Å². The summed E-state index contributed by atoms with van der Waals surface area (Å²) in [4.78, 5) is 22.6. The molecule has 4 heteroatoms. The first-order valence-electron chi connectivity index (χ1n) is 5.04. The van der Waals surface area contributed by atoms with Gasteiger partial charge >= 0.3 is 0 Å². The van der Waals surface area contributed by atoms with Gasteiger partial charge in [-0.1, -0.05) is 15.9 Å². The van der Waals surface area contributed by atoms with Gasteiger partial charge in [-0.2, -0.15) is 0 Å². The number of hydrogen-bond donors (Lipinski definition) is 0. The van der Waals surface area contributed by atoms with Crippen molar-refractivity contribution >= 4 is 27.5 Å². The molecule has 1 aliphatic carbocycles. The molecule has 0 amide bonds. The molecule has 1 aromatic rings. The molecule has 1 aliphatic rings. The minimum absolute atomic E-state index is 0.00607. The van der Waals surface area contributed by atoms with Gasteiger partial charge in [0, 0.05) is 23.2 Å². The maximum Gasteiger partial charge on any atom is 0.140 e. The van der Waals surface area contributed by atoms with Gasteiger partial charge < -0.3 is 0 Å². The lowest BCUT2D eigenvalue weighted by atomic mass is 9.82. The Morgan fingerprint density at radius 2 is 1.81 bits per heavy atom. The van der Waals surface area contributed by atoms with Crippen molar-refractivity contribution in [2.24, 2.45) is 0 Å². The summed E-state index contributed by atoms with van der Waals surface area (Å²) < 4.78 is 14.3. The lowest BCUT2D eigenvalue weighted by Gasteiger charge is -2.20. The van der Waals surface area contributed by atoms with Crippen LogP contribution in [0.1, 0.15) is 30.7 Å². The number of ketones is 2. The van der Waals surface area contributed by atoms with Crippen molar-refractivity contribution < 1.29 is 14.0 Å². The van der Waals surface area contributed by atoms with E-state index in [0.717, 1.165) is 4.47 Å². The molecular weight excluding hydrogens is 275 g/mol. The van der Waals surface area contributed by atoms with Gasteiger partial charge in [0.05, 0.1) is 6.42 Å². The Kier molecular flexibility index (Phi) is 3.19. The lowest BCUT2D eigenvalue weighted by Crippen LogP contribution is -2.21. The molecule has 0 saturated heterocycles. The van der Waals surface area contributed by atoms with Gasteiger partial charge in [-0.05, 0) is 23.8 Å². The molecule has 2 nitrogen and oxygen atoms in total. The largest absolute Gasteiger partial charge is 0.299 e. The fourth-order valence-electron chi connectivity index (χ4n) is 2.03. The van der Waals surface area contributed by atoms with Gasteiger partial charge in [-0.25, -0.2) is 4.39 Å². The second kappa shape index (κ2) is 4.45. The molecule has 0 bridgehead atoms. The molecule has 1 saturated carbocycles. The van der Waals surface area contributed by atoms with Crippen molar-refractivity contribution in [2.45, 2.75) is 25.2 Å². The average molecular weight is 285 g/mol. The molecule has 0 N–H and O–H groups in total. The van der Waals surface area contributed by atoms with E-state index in [1.54, 1.807) is 12.1 Å². The normalized spacial score (nSPS) is 17.9. The first kappa shape index (κ1) is 11.5. The Hall–Kier alpha value is -1.03. The van der Waals surface area contributed by atoms with Crippen molar-refractivity contribution in [2.75, 3.05) is 0 Å². The Balaban J connectivity index is 2.32. The van der Waals surface area contributed by atoms with E-state index in [2.05, 4.69) is 15.9 Å². The van der Waals surface area contributed by atoms with E-state index in [-0.39, 0.29) is 42.6 Å². The number of hydrogen-bond acceptors (Lipinski definition) is 2. The summed E-state index contributed by atoms with van der Waals surface area (Å²) in [6, 6.07) is 4.60. The predicted octanol–water partition coefficient (Wildman–Crippen LogP) is 2.99. The fraction of sp³-hybridized carbons (Fsp3) is 0.333. The number of carbonyl (C=O) groups is 2. The minimum Gasteiger partial charge on any atom is -0.299 e. The maximum absolute atomic E-state index is 13.6. The number of carbonyl (C=O) groups excluding carboxylic acids is 2. The smallest absolute Gasteiger partial charge is 0.140 e. The van der Waals surface area contributed by atoms with Crippen LogP contribution in [0.25, 0.3) is 0 Å². The van der Waals surface area contributed by atoms with Crippen LogP contribution in [0.3, 0.4) is 0 Å². The highest BCUT2D eigenvalue weighted by atomic mass is 79.9. The maximum atomic E-state index is 13.6. The quantitative estimate of drug-likeness (QED) is 0.743. The Morgan fingerprint density at radius 1 is 1.19 bits per heavy atom. The van der Waals surface area contributed by atoms with Crippen LogP contribution >= 0.6 is 15.9 Å². The van der Waals surface area contributed by atoms with Crippen molar-refractivity contribution in [1.29, 1.82) is 0 Å². The second-order valence-electron chi connectivity index (χ2n) is 4.03. The number of benzene rings is 1. The molecule has 0 unspecified atom stereocenters. The third kappa shape index (κ3) is 2.38. The predicted molar refractivity (Wildman–Crippen MR) is 60.7 cm³/mol. The van der Waals surface area contributed by atoms with Crippen LogP contribution in [-0.2, 0) is 9.59 Å². The molecule has 1 aromatic carbocycles. The van der Waals surface area contributed by atoms with Crippen molar-refractivity contribution in [3.8, 4) is 0 Å². The topological polar surface area (TPSA) is 34.1 Å². The molecule has 16 heavy (non-hydrogen) atoms. The van der Waals surface area contributed by atoms with Crippen LogP contribution in [-0.4, -0.2) is 11.6 Å². The van der Waals surface area contributed by atoms with Crippen molar-refractivity contribution in [3.63, 3.8) is 0 Å². The third-order valence-corrected chi connectivity index (χ3v) is 3.23. The zero-order valence-corrected chi connectivity index (χ0v) is 10.1. The summed E-state index contributed by atoms with van der Waals surface area (Å²) in [5, 5.41) is 0. The minimum atomic E-state index is -0.351. The average Bonchev–Trinajstić information content (AvgIpc) is 2.20. The molecule has 0 aliphatic heterocycles. The molecule has 2 rings (SSSR count). The van der Waals surface area contributed by atoms with Gasteiger partial charge in [-0.15, -0.1) is 0 Å². The summed E-state index contributed by atoms with van der Waals surface area (Å²) >= 11 is 3.26. The van der Waals surface area contributed by atoms with E-state index in [0.29, 0.717) is 5.56 Å². The molecule has 0 spiro atoms. The van der Waals surface area contributed by atoms with Crippen LogP contribution in [0, 0.1) is 5.82 Å². The highest BCUT2D eigenvalue weighted by Crippen LogP contribution is 2.32. The summed E-state index contributed by atoms with van der Waals surface area (Å²) in [5.74, 6) is -0.844. The Bertz CT molecular complexity index is 440. The standard InChI is InChI=1S/C12H10BrFO2/c13-8-1-2-12(14)11(5-8)7-3-9(15)6-10(16)4-7/h1-2,5,7H,3-4,6H2. The molecule has 84 valence electrons. The monoisotopic (exact) mass is 284 g/mol.